The molecule has 4 atom stereocenters. The minimum atomic E-state index is -0.868. The van der Waals surface area contributed by atoms with E-state index < -0.39 is 24.6 Å². The molecule has 1 unspecified atom stereocenters. The molecule has 0 saturated carbocycles. The van der Waals surface area contributed by atoms with Crippen molar-refractivity contribution in [3.05, 3.63) is 12.7 Å². The molecule has 0 radical (unpaired) electrons. The van der Waals surface area contributed by atoms with E-state index in [2.05, 4.69) is 6.58 Å². The van der Waals surface area contributed by atoms with Crippen molar-refractivity contribution in [3.63, 3.8) is 0 Å². The van der Waals surface area contributed by atoms with Crippen molar-refractivity contribution in [3.8, 4) is 0 Å². The monoisotopic (exact) mass is 204 g/mol. The zero-order valence-electron chi connectivity index (χ0n) is 7.87. The summed E-state index contributed by atoms with van der Waals surface area (Å²) in [5.41, 5.74) is 0. The molecule has 1 heterocycles. The topological polar surface area (TPSA) is 79.2 Å². The average molecular weight is 204 g/mol. The number of rotatable bonds is 4. The molecule has 0 aromatic heterocycles. The highest BCUT2D eigenvalue weighted by atomic mass is 16.7. The summed E-state index contributed by atoms with van der Waals surface area (Å²) in [6, 6.07) is 0. The molecule has 82 valence electrons. The van der Waals surface area contributed by atoms with Gasteiger partial charge in [-0.15, -0.1) is 6.58 Å². The lowest BCUT2D eigenvalue weighted by molar-refractivity contribution is -0.266. The molecule has 0 aromatic carbocycles. The normalized spacial score (nSPS) is 38.2. The van der Waals surface area contributed by atoms with Crippen LogP contribution in [0.25, 0.3) is 0 Å². The van der Waals surface area contributed by atoms with Crippen LogP contribution in [-0.2, 0) is 9.47 Å². The molecule has 0 aromatic rings. The Morgan fingerprint density at radius 3 is 2.71 bits per heavy atom. The zero-order chi connectivity index (χ0) is 10.6. The van der Waals surface area contributed by atoms with Gasteiger partial charge in [0.15, 0.2) is 6.29 Å². The van der Waals surface area contributed by atoms with Crippen LogP contribution >= 0.6 is 0 Å². The lowest BCUT2D eigenvalue weighted by Crippen LogP contribution is -2.49. The Morgan fingerprint density at radius 2 is 2.14 bits per heavy atom. The van der Waals surface area contributed by atoms with E-state index >= 15 is 0 Å². The Morgan fingerprint density at radius 1 is 1.43 bits per heavy atom. The second kappa shape index (κ2) is 5.43. The minimum absolute atomic E-state index is 0.146. The lowest BCUT2D eigenvalue weighted by atomic mass is 10.0. The SMILES string of the molecule is C=CCOC1O[C@@H](CO)[C@H](O)C[C@H]1O. The minimum Gasteiger partial charge on any atom is -0.394 e. The Hall–Kier alpha value is -0.460. The molecule has 1 rings (SSSR count). The van der Waals surface area contributed by atoms with Gasteiger partial charge >= 0.3 is 0 Å². The van der Waals surface area contributed by atoms with Crippen LogP contribution < -0.4 is 0 Å². The van der Waals surface area contributed by atoms with Gasteiger partial charge in [-0.25, -0.2) is 0 Å². The van der Waals surface area contributed by atoms with Gasteiger partial charge in [0.2, 0.25) is 0 Å². The second-order valence-electron chi connectivity index (χ2n) is 3.22. The third kappa shape index (κ3) is 2.76. The number of hydrogen-bond acceptors (Lipinski definition) is 5. The van der Waals surface area contributed by atoms with Crippen molar-refractivity contribution in [1.82, 2.24) is 0 Å². The Kier molecular flexibility index (Phi) is 4.50. The highest BCUT2D eigenvalue weighted by molar-refractivity contribution is 4.81. The van der Waals surface area contributed by atoms with Gasteiger partial charge in [-0.3, -0.25) is 0 Å². The fraction of sp³-hybridized carbons (Fsp3) is 0.778. The molecule has 1 fully saturated rings. The first-order chi connectivity index (χ1) is 6.69. The molecule has 0 amide bonds. The zero-order valence-corrected chi connectivity index (χ0v) is 7.87. The van der Waals surface area contributed by atoms with Crippen LogP contribution in [0.5, 0.6) is 0 Å². The third-order valence-electron chi connectivity index (χ3n) is 2.09. The molecule has 14 heavy (non-hydrogen) atoms. The van der Waals surface area contributed by atoms with E-state index in [9.17, 15) is 10.2 Å². The van der Waals surface area contributed by atoms with E-state index in [1.54, 1.807) is 0 Å². The van der Waals surface area contributed by atoms with Crippen LogP contribution in [-0.4, -0.2) is 53.1 Å². The molecule has 0 bridgehead atoms. The van der Waals surface area contributed by atoms with E-state index in [0.29, 0.717) is 0 Å². The summed E-state index contributed by atoms with van der Waals surface area (Å²) in [5.74, 6) is 0. The smallest absolute Gasteiger partial charge is 0.184 e. The Bertz CT molecular complexity index is 184. The molecule has 3 N–H and O–H groups in total. The summed E-state index contributed by atoms with van der Waals surface area (Å²) in [5, 5.41) is 27.7. The molecular weight excluding hydrogens is 188 g/mol. The maximum absolute atomic E-state index is 9.45. The Balaban J connectivity index is 2.46. The first-order valence-electron chi connectivity index (χ1n) is 4.54. The maximum atomic E-state index is 9.45. The van der Waals surface area contributed by atoms with Crippen LogP contribution in [0.15, 0.2) is 12.7 Å². The van der Waals surface area contributed by atoms with Crippen molar-refractivity contribution in [2.24, 2.45) is 0 Å². The highest BCUT2D eigenvalue weighted by Crippen LogP contribution is 2.20. The molecule has 0 aliphatic carbocycles. The van der Waals surface area contributed by atoms with E-state index in [0.717, 1.165) is 0 Å². The van der Waals surface area contributed by atoms with Crippen LogP contribution in [0.4, 0.5) is 0 Å². The fourth-order valence-corrected chi connectivity index (χ4v) is 1.34. The van der Waals surface area contributed by atoms with Gasteiger partial charge in [0.25, 0.3) is 0 Å². The molecule has 0 spiro atoms. The number of aliphatic hydroxyl groups excluding tert-OH is 3. The fourth-order valence-electron chi connectivity index (χ4n) is 1.34. The van der Waals surface area contributed by atoms with Crippen LogP contribution in [0, 0.1) is 0 Å². The summed E-state index contributed by atoms with van der Waals surface area (Å²) >= 11 is 0. The standard InChI is InChI=1S/C9H16O5/c1-2-3-13-9-7(12)4-6(11)8(5-10)14-9/h2,6-12H,1,3-5H2/t6-,7-,8+,9?/m1/s1. The average Bonchev–Trinajstić information content (AvgIpc) is 2.17. The van der Waals surface area contributed by atoms with E-state index in [4.69, 9.17) is 14.6 Å². The van der Waals surface area contributed by atoms with Crippen molar-refractivity contribution in [2.45, 2.75) is 31.0 Å². The number of ether oxygens (including phenoxy) is 2. The first kappa shape index (κ1) is 11.6. The van der Waals surface area contributed by atoms with Gasteiger partial charge in [-0.05, 0) is 0 Å². The summed E-state index contributed by atoms with van der Waals surface area (Å²) in [7, 11) is 0. The van der Waals surface area contributed by atoms with Gasteiger partial charge in [-0.1, -0.05) is 6.08 Å². The summed E-state index contributed by atoms with van der Waals surface area (Å²) in [6.45, 7) is 3.43. The van der Waals surface area contributed by atoms with Crippen LogP contribution in [0.2, 0.25) is 0 Å². The van der Waals surface area contributed by atoms with E-state index in [1.807, 2.05) is 0 Å². The summed E-state index contributed by atoms with van der Waals surface area (Å²) in [6.07, 6.45) is -1.52. The van der Waals surface area contributed by atoms with Crippen molar-refractivity contribution < 1.29 is 24.8 Å². The molecule has 1 aliphatic rings. The second-order valence-corrected chi connectivity index (χ2v) is 3.22. The van der Waals surface area contributed by atoms with Crippen molar-refractivity contribution in [2.75, 3.05) is 13.2 Å². The molecule has 5 heteroatoms. The molecular formula is C9H16O5. The number of aliphatic hydroxyl groups is 3. The van der Waals surface area contributed by atoms with Crippen molar-refractivity contribution in [1.29, 1.82) is 0 Å². The van der Waals surface area contributed by atoms with E-state index in [1.165, 1.54) is 6.08 Å². The highest BCUT2D eigenvalue weighted by Gasteiger charge is 2.36. The van der Waals surface area contributed by atoms with Gasteiger partial charge < -0.3 is 24.8 Å². The predicted molar refractivity (Wildman–Crippen MR) is 48.5 cm³/mol. The molecule has 5 nitrogen and oxygen atoms in total. The Labute approximate surface area is 82.6 Å². The van der Waals surface area contributed by atoms with Crippen molar-refractivity contribution >= 4 is 0 Å². The van der Waals surface area contributed by atoms with Gasteiger partial charge in [0, 0.05) is 6.42 Å². The van der Waals surface area contributed by atoms with E-state index in [-0.39, 0.29) is 19.6 Å². The van der Waals surface area contributed by atoms with Gasteiger partial charge in [0.1, 0.15) is 12.2 Å². The third-order valence-corrected chi connectivity index (χ3v) is 2.09. The summed E-state index contributed by atoms with van der Waals surface area (Å²) < 4.78 is 10.3. The van der Waals surface area contributed by atoms with Crippen LogP contribution in [0.3, 0.4) is 0 Å². The maximum Gasteiger partial charge on any atom is 0.184 e. The van der Waals surface area contributed by atoms with Crippen LogP contribution in [0.1, 0.15) is 6.42 Å². The molecule has 1 aliphatic heterocycles. The number of hydrogen-bond donors (Lipinski definition) is 3. The first-order valence-corrected chi connectivity index (χ1v) is 4.54. The summed E-state index contributed by atoms with van der Waals surface area (Å²) in [4.78, 5) is 0. The lowest BCUT2D eigenvalue weighted by Gasteiger charge is -2.35. The largest absolute Gasteiger partial charge is 0.394 e. The van der Waals surface area contributed by atoms with Gasteiger partial charge in [0.05, 0.1) is 19.3 Å². The predicted octanol–water partition coefficient (Wildman–Crippen LogP) is -0.982. The molecule has 1 saturated heterocycles. The quantitative estimate of drug-likeness (QED) is 0.513. The van der Waals surface area contributed by atoms with Gasteiger partial charge in [-0.2, -0.15) is 0 Å².